The van der Waals surface area contributed by atoms with Crippen molar-refractivity contribution in [2.45, 2.75) is 25.7 Å². The van der Waals surface area contributed by atoms with Crippen LogP contribution in [0.3, 0.4) is 0 Å². The van der Waals surface area contributed by atoms with Gasteiger partial charge in [-0.2, -0.15) is 0 Å². The Morgan fingerprint density at radius 3 is 2.12 bits per heavy atom. The molecule has 0 bridgehead atoms. The molecular formula is C21H26O5. The number of methoxy groups -OCH3 is 2. The van der Waals surface area contributed by atoms with E-state index < -0.39 is 0 Å². The second kappa shape index (κ2) is 8.81. The normalized spacial score (nSPS) is 12.7. The van der Waals surface area contributed by atoms with E-state index in [1.165, 1.54) is 16.7 Å². The molecule has 3 rings (SSSR count). The van der Waals surface area contributed by atoms with Gasteiger partial charge in [0.25, 0.3) is 0 Å². The van der Waals surface area contributed by atoms with Crippen molar-refractivity contribution in [3.63, 3.8) is 0 Å². The number of aryl methyl sites for hydroxylation is 3. The number of hydrogen-bond donors (Lipinski definition) is 1. The van der Waals surface area contributed by atoms with Crippen LogP contribution in [0.1, 0.15) is 23.1 Å². The maximum Gasteiger partial charge on any atom is 0.161 e. The second-order valence-corrected chi connectivity index (χ2v) is 6.28. The molecule has 0 aromatic heterocycles. The predicted octanol–water partition coefficient (Wildman–Crippen LogP) is 3.19. The number of fused-ring (bicyclic) bond motifs is 1. The summed E-state index contributed by atoms with van der Waals surface area (Å²) in [6, 6.07) is 10.2. The number of ether oxygens (including phenoxy) is 4. The van der Waals surface area contributed by atoms with E-state index in [0.29, 0.717) is 13.2 Å². The average molecular weight is 358 g/mol. The van der Waals surface area contributed by atoms with Crippen molar-refractivity contribution in [1.82, 2.24) is 0 Å². The van der Waals surface area contributed by atoms with E-state index in [1.807, 2.05) is 12.1 Å². The summed E-state index contributed by atoms with van der Waals surface area (Å²) in [4.78, 5) is 0. The van der Waals surface area contributed by atoms with Gasteiger partial charge in [-0.15, -0.1) is 0 Å². The van der Waals surface area contributed by atoms with E-state index in [9.17, 15) is 5.11 Å². The van der Waals surface area contributed by atoms with Crippen LogP contribution in [0.4, 0.5) is 0 Å². The molecule has 0 amide bonds. The van der Waals surface area contributed by atoms with Gasteiger partial charge in [0.2, 0.25) is 0 Å². The number of rotatable bonds is 8. The van der Waals surface area contributed by atoms with Crippen LogP contribution in [0.2, 0.25) is 0 Å². The summed E-state index contributed by atoms with van der Waals surface area (Å²) < 4.78 is 22.1. The minimum Gasteiger partial charge on any atom is -0.493 e. The summed E-state index contributed by atoms with van der Waals surface area (Å²) in [5.41, 5.74) is 3.63. The van der Waals surface area contributed by atoms with E-state index in [4.69, 9.17) is 18.9 Å². The van der Waals surface area contributed by atoms with Crippen molar-refractivity contribution in [3.05, 3.63) is 47.0 Å². The Hall–Kier alpha value is -2.40. The van der Waals surface area contributed by atoms with Crippen LogP contribution >= 0.6 is 0 Å². The van der Waals surface area contributed by atoms with Crippen LogP contribution in [0.15, 0.2) is 30.3 Å². The van der Waals surface area contributed by atoms with Gasteiger partial charge in [-0.05, 0) is 66.6 Å². The highest BCUT2D eigenvalue weighted by atomic mass is 16.6. The molecule has 0 aliphatic carbocycles. The number of benzene rings is 2. The van der Waals surface area contributed by atoms with Gasteiger partial charge in [-0.25, -0.2) is 0 Å². The van der Waals surface area contributed by atoms with E-state index in [1.54, 1.807) is 14.2 Å². The van der Waals surface area contributed by atoms with Crippen LogP contribution < -0.4 is 18.9 Å². The van der Waals surface area contributed by atoms with Crippen LogP contribution in [0.25, 0.3) is 0 Å². The van der Waals surface area contributed by atoms with Crippen LogP contribution in [0, 0.1) is 0 Å². The van der Waals surface area contributed by atoms with Gasteiger partial charge >= 0.3 is 0 Å². The lowest BCUT2D eigenvalue weighted by molar-refractivity contribution is 0.171. The first kappa shape index (κ1) is 18.4. The van der Waals surface area contributed by atoms with Gasteiger partial charge in [0.05, 0.1) is 14.2 Å². The molecule has 1 N–H and O–H groups in total. The molecule has 1 aliphatic heterocycles. The largest absolute Gasteiger partial charge is 0.493 e. The maximum atomic E-state index is 9.19. The molecule has 0 saturated heterocycles. The lowest BCUT2D eigenvalue weighted by Crippen LogP contribution is -2.16. The quantitative estimate of drug-likeness (QED) is 0.785. The molecule has 1 aliphatic rings. The summed E-state index contributed by atoms with van der Waals surface area (Å²) in [6.45, 7) is 1.35. The lowest BCUT2D eigenvalue weighted by Gasteiger charge is -2.21. The Bertz CT molecular complexity index is 741. The van der Waals surface area contributed by atoms with E-state index in [2.05, 4.69) is 18.2 Å². The standard InChI is InChI=1S/C21H26O5/c1-23-18-8-6-15(12-19(18)24-2)5-7-17-14-21-20(25-10-11-26-21)13-16(17)4-3-9-22/h6,8,12-14,22H,3-5,7,9-11H2,1-2H3. The first-order valence-corrected chi connectivity index (χ1v) is 8.98. The fraction of sp³-hybridized carbons (Fsp3) is 0.429. The van der Waals surface area contributed by atoms with Crippen molar-refractivity contribution >= 4 is 0 Å². The fourth-order valence-corrected chi connectivity index (χ4v) is 3.22. The van der Waals surface area contributed by atoms with Crippen molar-refractivity contribution < 1.29 is 24.1 Å². The Balaban J connectivity index is 1.79. The molecule has 0 spiro atoms. The van der Waals surface area contributed by atoms with Gasteiger partial charge in [0, 0.05) is 6.61 Å². The molecule has 1 heterocycles. The minimum atomic E-state index is 0.184. The van der Waals surface area contributed by atoms with Gasteiger partial charge in [-0.3, -0.25) is 0 Å². The van der Waals surface area contributed by atoms with E-state index in [0.717, 1.165) is 48.7 Å². The number of aliphatic hydroxyl groups is 1. The smallest absolute Gasteiger partial charge is 0.161 e. The summed E-state index contributed by atoms with van der Waals surface area (Å²) in [5, 5.41) is 9.19. The monoisotopic (exact) mass is 358 g/mol. The molecule has 2 aromatic rings. The number of hydrogen-bond acceptors (Lipinski definition) is 5. The Kier molecular flexibility index (Phi) is 6.23. The van der Waals surface area contributed by atoms with Gasteiger partial charge in [0.15, 0.2) is 23.0 Å². The topological polar surface area (TPSA) is 57.2 Å². The molecule has 0 atom stereocenters. The van der Waals surface area contributed by atoms with Crippen LogP contribution in [0.5, 0.6) is 23.0 Å². The third-order valence-electron chi connectivity index (χ3n) is 4.60. The zero-order chi connectivity index (χ0) is 18.4. The summed E-state index contributed by atoms with van der Waals surface area (Å²) in [7, 11) is 3.29. The molecular weight excluding hydrogens is 332 g/mol. The highest BCUT2D eigenvalue weighted by Gasteiger charge is 2.16. The molecule has 0 radical (unpaired) electrons. The molecule has 0 saturated carbocycles. The average Bonchev–Trinajstić information content (AvgIpc) is 2.70. The predicted molar refractivity (Wildman–Crippen MR) is 99.8 cm³/mol. The summed E-state index contributed by atoms with van der Waals surface area (Å²) in [5.74, 6) is 3.09. The third-order valence-corrected chi connectivity index (χ3v) is 4.60. The first-order chi connectivity index (χ1) is 12.7. The van der Waals surface area contributed by atoms with Crippen molar-refractivity contribution in [1.29, 1.82) is 0 Å². The highest BCUT2D eigenvalue weighted by Crippen LogP contribution is 2.35. The van der Waals surface area contributed by atoms with E-state index >= 15 is 0 Å². The zero-order valence-electron chi connectivity index (χ0n) is 15.4. The minimum absolute atomic E-state index is 0.184. The van der Waals surface area contributed by atoms with Crippen LogP contribution in [-0.4, -0.2) is 39.1 Å². The fourth-order valence-electron chi connectivity index (χ4n) is 3.22. The Morgan fingerprint density at radius 1 is 0.846 bits per heavy atom. The Labute approximate surface area is 154 Å². The Morgan fingerprint density at radius 2 is 1.50 bits per heavy atom. The van der Waals surface area contributed by atoms with Gasteiger partial charge < -0.3 is 24.1 Å². The second-order valence-electron chi connectivity index (χ2n) is 6.28. The molecule has 140 valence electrons. The van der Waals surface area contributed by atoms with Crippen molar-refractivity contribution in [2.24, 2.45) is 0 Å². The van der Waals surface area contributed by atoms with Crippen LogP contribution in [-0.2, 0) is 19.3 Å². The number of aliphatic hydroxyl groups excluding tert-OH is 1. The molecule has 2 aromatic carbocycles. The summed E-state index contributed by atoms with van der Waals surface area (Å²) >= 11 is 0. The lowest BCUT2D eigenvalue weighted by atomic mass is 9.96. The highest BCUT2D eigenvalue weighted by molar-refractivity contribution is 5.49. The molecule has 0 unspecified atom stereocenters. The zero-order valence-corrected chi connectivity index (χ0v) is 15.4. The molecule has 0 fully saturated rings. The van der Waals surface area contributed by atoms with Gasteiger partial charge in [0.1, 0.15) is 13.2 Å². The molecule has 5 nitrogen and oxygen atoms in total. The third kappa shape index (κ3) is 4.22. The van der Waals surface area contributed by atoms with Crippen molar-refractivity contribution in [3.8, 4) is 23.0 Å². The van der Waals surface area contributed by atoms with Crippen molar-refractivity contribution in [2.75, 3.05) is 34.0 Å². The van der Waals surface area contributed by atoms with Gasteiger partial charge in [-0.1, -0.05) is 6.07 Å². The van der Waals surface area contributed by atoms with E-state index in [-0.39, 0.29) is 6.61 Å². The SMILES string of the molecule is COc1ccc(CCc2cc3c(cc2CCCO)OCCO3)cc1OC. The molecule has 5 heteroatoms. The maximum absolute atomic E-state index is 9.19. The summed E-state index contributed by atoms with van der Waals surface area (Å²) in [6.07, 6.45) is 3.33. The molecule has 26 heavy (non-hydrogen) atoms. The first-order valence-electron chi connectivity index (χ1n) is 8.98.